The minimum atomic E-state index is -0.262. The smallest absolute Gasteiger partial charge is 0.258 e. The van der Waals surface area contributed by atoms with Crippen molar-refractivity contribution in [1.82, 2.24) is 0 Å². The van der Waals surface area contributed by atoms with E-state index in [4.69, 9.17) is 28.9 Å². The van der Waals surface area contributed by atoms with Gasteiger partial charge in [-0.05, 0) is 29.6 Å². The molecule has 0 unspecified atom stereocenters. The van der Waals surface area contributed by atoms with Crippen molar-refractivity contribution in [2.24, 2.45) is 0 Å². The van der Waals surface area contributed by atoms with E-state index >= 15 is 0 Å². The number of benzene rings is 1. The van der Waals surface area contributed by atoms with Gasteiger partial charge in [-0.15, -0.1) is 11.3 Å². The van der Waals surface area contributed by atoms with E-state index in [0.717, 1.165) is 0 Å². The number of hydrogen-bond acceptors (Lipinski definition) is 3. The molecule has 1 aromatic carbocycles. The van der Waals surface area contributed by atoms with Crippen LogP contribution < -0.4 is 11.1 Å². The third-order valence-electron chi connectivity index (χ3n) is 2.12. The third-order valence-corrected chi connectivity index (χ3v) is 3.60. The van der Waals surface area contributed by atoms with Crippen molar-refractivity contribution in [2.45, 2.75) is 0 Å². The van der Waals surface area contributed by atoms with E-state index in [1.165, 1.54) is 11.3 Å². The summed E-state index contributed by atoms with van der Waals surface area (Å²) in [6.07, 6.45) is 0. The lowest BCUT2D eigenvalue weighted by Gasteiger charge is -2.05. The largest absolute Gasteiger partial charge is 0.390 e. The van der Waals surface area contributed by atoms with Gasteiger partial charge in [0.1, 0.15) is 0 Å². The molecule has 0 aliphatic rings. The van der Waals surface area contributed by atoms with Gasteiger partial charge in [0.25, 0.3) is 5.91 Å². The van der Waals surface area contributed by atoms with Gasteiger partial charge in [-0.2, -0.15) is 0 Å². The fourth-order valence-electron chi connectivity index (χ4n) is 1.28. The van der Waals surface area contributed by atoms with Crippen molar-refractivity contribution in [3.05, 3.63) is 45.3 Å². The Hall–Kier alpha value is -1.23. The summed E-state index contributed by atoms with van der Waals surface area (Å²) in [4.78, 5) is 11.8. The number of halogens is 2. The van der Waals surface area contributed by atoms with Crippen LogP contribution in [0.2, 0.25) is 10.0 Å². The van der Waals surface area contributed by atoms with Crippen LogP contribution in [0, 0.1) is 0 Å². The fraction of sp³-hybridized carbons (Fsp3) is 0. The molecule has 88 valence electrons. The van der Waals surface area contributed by atoms with E-state index in [2.05, 4.69) is 5.32 Å². The van der Waals surface area contributed by atoms with Gasteiger partial charge in [0, 0.05) is 5.69 Å². The summed E-state index contributed by atoms with van der Waals surface area (Å²) in [5, 5.41) is 5.78. The van der Waals surface area contributed by atoms with E-state index in [-0.39, 0.29) is 5.91 Å². The molecule has 3 nitrogen and oxygen atoms in total. The summed E-state index contributed by atoms with van der Waals surface area (Å²) in [6.45, 7) is 0. The summed E-state index contributed by atoms with van der Waals surface area (Å²) < 4.78 is 0. The van der Waals surface area contributed by atoms with E-state index in [0.29, 0.717) is 26.3 Å². The molecule has 0 aliphatic carbocycles. The molecule has 2 rings (SSSR count). The van der Waals surface area contributed by atoms with Gasteiger partial charge in [0.2, 0.25) is 0 Å². The van der Waals surface area contributed by atoms with E-state index in [9.17, 15) is 4.79 Å². The molecule has 0 fully saturated rings. The number of hydrogen-bond donors (Lipinski definition) is 2. The number of carbonyl (C=O) groups is 1. The number of nitrogens with two attached hydrogens (primary N) is 1. The SMILES string of the molecule is Nc1sccc1C(=O)Nc1ccc(Cl)c(Cl)c1. The maximum absolute atomic E-state index is 11.8. The van der Waals surface area contributed by atoms with Gasteiger partial charge >= 0.3 is 0 Å². The summed E-state index contributed by atoms with van der Waals surface area (Å²) in [5.74, 6) is -0.262. The zero-order valence-electron chi connectivity index (χ0n) is 8.54. The molecule has 1 amide bonds. The van der Waals surface area contributed by atoms with Crippen LogP contribution in [0.4, 0.5) is 10.7 Å². The highest BCUT2D eigenvalue weighted by Gasteiger charge is 2.11. The van der Waals surface area contributed by atoms with Crippen molar-refractivity contribution < 1.29 is 4.79 Å². The van der Waals surface area contributed by atoms with Crippen molar-refractivity contribution in [2.75, 3.05) is 11.1 Å². The van der Waals surface area contributed by atoms with E-state index in [1.807, 2.05) is 0 Å². The van der Waals surface area contributed by atoms with Gasteiger partial charge < -0.3 is 11.1 Å². The Morgan fingerprint density at radius 3 is 2.59 bits per heavy atom. The predicted octanol–water partition coefficient (Wildman–Crippen LogP) is 3.89. The molecule has 3 N–H and O–H groups in total. The number of nitrogens with one attached hydrogen (secondary N) is 1. The molecule has 0 aliphatic heterocycles. The maximum Gasteiger partial charge on any atom is 0.258 e. The zero-order valence-corrected chi connectivity index (χ0v) is 10.9. The first-order valence-electron chi connectivity index (χ1n) is 4.67. The van der Waals surface area contributed by atoms with Crippen LogP contribution in [0.5, 0.6) is 0 Å². The van der Waals surface area contributed by atoms with Crippen LogP contribution in [0.3, 0.4) is 0 Å². The zero-order chi connectivity index (χ0) is 12.4. The summed E-state index contributed by atoms with van der Waals surface area (Å²) in [7, 11) is 0. The second-order valence-electron chi connectivity index (χ2n) is 3.28. The molecular weight excluding hydrogens is 279 g/mol. The maximum atomic E-state index is 11.8. The van der Waals surface area contributed by atoms with Crippen LogP contribution in [0.15, 0.2) is 29.6 Å². The fourth-order valence-corrected chi connectivity index (χ4v) is 2.22. The molecule has 0 bridgehead atoms. The van der Waals surface area contributed by atoms with Crippen molar-refractivity contribution in [3.63, 3.8) is 0 Å². The van der Waals surface area contributed by atoms with E-state index in [1.54, 1.807) is 29.6 Å². The Bertz CT molecular complexity index is 568. The Morgan fingerprint density at radius 1 is 1.24 bits per heavy atom. The molecule has 0 spiro atoms. The molecule has 0 radical (unpaired) electrons. The molecule has 6 heteroatoms. The van der Waals surface area contributed by atoms with E-state index < -0.39 is 0 Å². The molecule has 1 heterocycles. The van der Waals surface area contributed by atoms with Crippen molar-refractivity contribution in [1.29, 1.82) is 0 Å². The number of rotatable bonds is 2. The summed E-state index contributed by atoms with van der Waals surface area (Å²) in [5.41, 5.74) is 6.70. The first-order chi connectivity index (χ1) is 8.08. The Balaban J connectivity index is 2.19. The summed E-state index contributed by atoms with van der Waals surface area (Å²) in [6, 6.07) is 6.56. The van der Waals surface area contributed by atoms with Crippen LogP contribution in [-0.4, -0.2) is 5.91 Å². The minimum Gasteiger partial charge on any atom is -0.390 e. The highest BCUT2D eigenvalue weighted by Crippen LogP contribution is 2.26. The van der Waals surface area contributed by atoms with Crippen LogP contribution in [0.25, 0.3) is 0 Å². The molecule has 0 atom stereocenters. The minimum absolute atomic E-state index is 0.262. The van der Waals surface area contributed by atoms with Gasteiger partial charge in [-0.1, -0.05) is 23.2 Å². The molecular formula is C11H8Cl2N2OS. The molecule has 17 heavy (non-hydrogen) atoms. The van der Waals surface area contributed by atoms with Gasteiger partial charge in [-0.25, -0.2) is 0 Å². The number of amides is 1. The van der Waals surface area contributed by atoms with Crippen molar-refractivity contribution >= 4 is 51.1 Å². The lowest BCUT2D eigenvalue weighted by Crippen LogP contribution is -2.12. The molecule has 1 aromatic heterocycles. The average Bonchev–Trinajstić information content (AvgIpc) is 2.70. The highest BCUT2D eigenvalue weighted by molar-refractivity contribution is 7.14. The topological polar surface area (TPSA) is 55.1 Å². The predicted molar refractivity (Wildman–Crippen MR) is 73.1 cm³/mol. The molecule has 0 saturated carbocycles. The van der Waals surface area contributed by atoms with Gasteiger partial charge in [0.15, 0.2) is 0 Å². The lowest BCUT2D eigenvalue weighted by atomic mass is 10.2. The van der Waals surface area contributed by atoms with Crippen LogP contribution in [0.1, 0.15) is 10.4 Å². The van der Waals surface area contributed by atoms with Crippen LogP contribution in [-0.2, 0) is 0 Å². The number of anilines is 2. The Morgan fingerprint density at radius 2 is 2.00 bits per heavy atom. The number of carbonyl (C=O) groups excluding carboxylic acids is 1. The van der Waals surface area contributed by atoms with Crippen molar-refractivity contribution in [3.8, 4) is 0 Å². The Labute approximate surface area is 112 Å². The van der Waals surface area contributed by atoms with Gasteiger partial charge in [0.05, 0.1) is 20.6 Å². The summed E-state index contributed by atoms with van der Waals surface area (Å²) >= 11 is 12.9. The number of nitrogen functional groups attached to an aromatic ring is 1. The Kier molecular flexibility index (Phi) is 3.57. The highest BCUT2D eigenvalue weighted by atomic mass is 35.5. The standard InChI is InChI=1S/C11H8Cl2N2OS/c12-8-2-1-6(5-9(8)13)15-11(16)7-3-4-17-10(7)14/h1-5H,14H2,(H,15,16). The quantitative estimate of drug-likeness (QED) is 0.880. The molecule has 0 saturated heterocycles. The number of thiophene rings is 1. The lowest BCUT2D eigenvalue weighted by molar-refractivity contribution is 0.102. The van der Waals surface area contributed by atoms with Gasteiger partial charge in [-0.3, -0.25) is 4.79 Å². The van der Waals surface area contributed by atoms with Crippen LogP contribution >= 0.6 is 34.5 Å². The first kappa shape index (κ1) is 12.2. The third kappa shape index (κ3) is 2.72. The normalized spacial score (nSPS) is 10.2. The molecule has 2 aromatic rings. The second-order valence-corrected chi connectivity index (χ2v) is 5.04. The first-order valence-corrected chi connectivity index (χ1v) is 6.31. The second kappa shape index (κ2) is 4.96. The monoisotopic (exact) mass is 286 g/mol. The average molecular weight is 287 g/mol.